The number of hydrogen-bond donors (Lipinski definition) is 0. The fourth-order valence-electron chi connectivity index (χ4n) is 12.7. The van der Waals surface area contributed by atoms with E-state index in [1.807, 2.05) is 0 Å². The number of fused-ring (bicyclic) bond motifs is 24. The van der Waals surface area contributed by atoms with Crippen LogP contribution in [0.5, 0.6) is 0 Å². The highest BCUT2D eigenvalue weighted by Crippen LogP contribution is 2.63. The van der Waals surface area contributed by atoms with Crippen LogP contribution in [-0.4, -0.2) is 0 Å². The Morgan fingerprint density at radius 1 is 0.191 bits per heavy atom. The van der Waals surface area contributed by atoms with Crippen molar-refractivity contribution in [3.05, 3.63) is 271 Å². The Hall–Kier alpha value is -8.78. The van der Waals surface area contributed by atoms with E-state index >= 15 is 0 Å². The van der Waals surface area contributed by atoms with Crippen LogP contribution < -0.4 is 4.90 Å². The quantitative estimate of drug-likeness (QED) is 0.160. The minimum absolute atomic E-state index is 0.471. The number of rotatable bonds is 3. The van der Waals surface area contributed by atoms with Crippen molar-refractivity contribution in [3.63, 3.8) is 0 Å². The summed E-state index contributed by atoms with van der Waals surface area (Å²) in [6, 6.07) is 93.5. The average molecular weight is 860 g/mol. The second-order valence-electron chi connectivity index (χ2n) is 18.6. The first kappa shape index (κ1) is 37.4. The summed E-state index contributed by atoms with van der Waals surface area (Å²) < 4.78 is 0. The predicted molar refractivity (Wildman–Crippen MR) is 285 cm³/mol. The molecule has 0 radical (unpaired) electrons. The topological polar surface area (TPSA) is 3.24 Å². The largest absolute Gasteiger partial charge is 0.310 e. The molecule has 1 spiro atoms. The monoisotopic (exact) mass is 859 g/mol. The Morgan fingerprint density at radius 3 is 0.956 bits per heavy atom. The third-order valence-corrected chi connectivity index (χ3v) is 15.4. The summed E-state index contributed by atoms with van der Waals surface area (Å²) in [5.41, 5.74) is 23.3. The number of nitrogens with zero attached hydrogens (tertiary/aromatic N) is 1. The molecule has 1 heteroatoms. The van der Waals surface area contributed by atoms with Gasteiger partial charge in [0.15, 0.2) is 0 Å². The van der Waals surface area contributed by atoms with Crippen LogP contribution in [0.2, 0.25) is 0 Å². The lowest BCUT2D eigenvalue weighted by Gasteiger charge is -2.32. The van der Waals surface area contributed by atoms with Gasteiger partial charge in [0.05, 0.1) is 5.41 Å². The normalized spacial score (nSPS) is 13.1. The highest BCUT2D eigenvalue weighted by molar-refractivity contribution is 6.26. The molecule has 0 fully saturated rings. The molecule has 15 rings (SSSR count). The highest BCUT2D eigenvalue weighted by Gasteiger charge is 2.51. The summed E-state index contributed by atoms with van der Waals surface area (Å²) in [5.74, 6) is 0. The maximum Gasteiger partial charge on any atom is 0.0726 e. The molecule has 12 aromatic rings. The molecule has 0 atom stereocenters. The van der Waals surface area contributed by atoms with Gasteiger partial charge in [0.2, 0.25) is 0 Å². The van der Waals surface area contributed by atoms with Crippen molar-refractivity contribution in [2.75, 3.05) is 4.90 Å². The van der Waals surface area contributed by atoms with Crippen LogP contribution in [0.1, 0.15) is 22.3 Å². The maximum absolute atomic E-state index is 2.52. The summed E-state index contributed by atoms with van der Waals surface area (Å²) in [6.45, 7) is 0. The molecular formula is C67H41N. The molecule has 68 heavy (non-hydrogen) atoms. The first-order chi connectivity index (χ1) is 33.8. The summed E-state index contributed by atoms with van der Waals surface area (Å²) in [5, 5.41) is 7.58. The molecule has 0 bridgehead atoms. The van der Waals surface area contributed by atoms with Gasteiger partial charge in [-0.1, -0.05) is 212 Å². The van der Waals surface area contributed by atoms with Crippen LogP contribution >= 0.6 is 0 Å². The van der Waals surface area contributed by atoms with Crippen molar-refractivity contribution in [1.82, 2.24) is 0 Å². The minimum atomic E-state index is -0.471. The van der Waals surface area contributed by atoms with E-state index in [-0.39, 0.29) is 0 Å². The molecule has 12 aromatic carbocycles. The van der Waals surface area contributed by atoms with E-state index < -0.39 is 5.41 Å². The van der Waals surface area contributed by atoms with Crippen LogP contribution in [0.3, 0.4) is 0 Å². The van der Waals surface area contributed by atoms with Gasteiger partial charge in [-0.05, 0) is 158 Å². The summed E-state index contributed by atoms with van der Waals surface area (Å²) in [7, 11) is 0. The van der Waals surface area contributed by atoms with E-state index in [1.54, 1.807) is 0 Å². The van der Waals surface area contributed by atoms with Crippen molar-refractivity contribution in [2.45, 2.75) is 5.41 Å². The number of anilines is 3. The number of benzene rings is 12. The molecule has 0 heterocycles. The van der Waals surface area contributed by atoms with Gasteiger partial charge in [-0.15, -0.1) is 0 Å². The van der Waals surface area contributed by atoms with Gasteiger partial charge in [0.1, 0.15) is 0 Å². The molecule has 0 amide bonds. The molecule has 0 aromatic heterocycles. The van der Waals surface area contributed by atoms with E-state index in [0.29, 0.717) is 0 Å². The molecular weight excluding hydrogens is 819 g/mol. The first-order valence-corrected chi connectivity index (χ1v) is 23.8. The Morgan fingerprint density at radius 2 is 0.485 bits per heavy atom. The van der Waals surface area contributed by atoms with Gasteiger partial charge >= 0.3 is 0 Å². The zero-order valence-electron chi connectivity index (χ0n) is 37.1. The zero-order valence-corrected chi connectivity index (χ0v) is 37.1. The van der Waals surface area contributed by atoms with Gasteiger partial charge in [0, 0.05) is 17.1 Å². The molecule has 3 aliphatic rings. The van der Waals surface area contributed by atoms with Gasteiger partial charge in [-0.2, -0.15) is 0 Å². The van der Waals surface area contributed by atoms with E-state index in [9.17, 15) is 0 Å². The fourth-order valence-corrected chi connectivity index (χ4v) is 12.7. The second kappa shape index (κ2) is 14.1. The zero-order chi connectivity index (χ0) is 44.5. The molecule has 0 unspecified atom stereocenters. The van der Waals surface area contributed by atoms with E-state index in [0.717, 1.165) is 17.1 Å². The second-order valence-corrected chi connectivity index (χ2v) is 18.6. The summed E-state index contributed by atoms with van der Waals surface area (Å²) >= 11 is 0. The molecule has 0 N–H and O–H groups in total. The minimum Gasteiger partial charge on any atom is -0.310 e. The van der Waals surface area contributed by atoms with E-state index in [2.05, 4.69) is 254 Å². The van der Waals surface area contributed by atoms with Crippen LogP contribution in [-0.2, 0) is 5.41 Å². The Kier molecular flexibility index (Phi) is 7.77. The standard InChI is InChI=1S/C67H41N/c1-2-18-46-45(17-1)47-19-3-5-23-51(47)55-36-33-42(39-61(55)53-25-9-7-21-49(46)53)68(43-34-37-56-52-24-6-4-20-48(52)50-22-8-10-26-54(50)62(56)40-43)44-35-38-60-59-29-13-16-32-65(59)67(66(60)41-44)63-30-14-11-27-57(63)58-28-12-15-31-64(58)67/h1-41H. The molecule has 314 valence electrons. The smallest absolute Gasteiger partial charge is 0.0726 e. The van der Waals surface area contributed by atoms with E-state index in [1.165, 1.54) is 121 Å². The number of hydrogen-bond acceptors (Lipinski definition) is 1. The lowest BCUT2D eigenvalue weighted by Crippen LogP contribution is -2.26. The molecule has 0 saturated carbocycles. The lowest BCUT2D eigenvalue weighted by atomic mass is 9.70. The summed E-state index contributed by atoms with van der Waals surface area (Å²) in [6.07, 6.45) is 0. The molecule has 1 nitrogen and oxygen atoms in total. The van der Waals surface area contributed by atoms with Gasteiger partial charge in [0.25, 0.3) is 0 Å². The average Bonchev–Trinajstić information content (AvgIpc) is 3.88. The van der Waals surface area contributed by atoms with Crippen molar-refractivity contribution in [3.8, 4) is 66.8 Å². The Balaban J connectivity index is 1.03. The van der Waals surface area contributed by atoms with Gasteiger partial charge in [-0.3, -0.25) is 0 Å². The SMILES string of the molecule is c1ccc2c(c1)-c1ccccc1-c1ccc(N(c3ccc4c(c3)C3(c5ccccc5-c5ccccc53)c3ccccc3-4)c3ccc4c5ccccc5c5ccccc5c4c3)cc1-c1ccccc1-2. The van der Waals surface area contributed by atoms with Gasteiger partial charge in [-0.25, -0.2) is 0 Å². The first-order valence-electron chi connectivity index (χ1n) is 23.8. The summed E-state index contributed by atoms with van der Waals surface area (Å²) in [4.78, 5) is 2.52. The van der Waals surface area contributed by atoms with Crippen LogP contribution in [0.25, 0.3) is 99.1 Å². The van der Waals surface area contributed by atoms with Crippen molar-refractivity contribution in [2.24, 2.45) is 0 Å². The third kappa shape index (κ3) is 5.00. The van der Waals surface area contributed by atoms with Crippen LogP contribution in [0, 0.1) is 0 Å². The Bertz CT molecular complexity index is 4010. The predicted octanol–water partition coefficient (Wildman–Crippen LogP) is 17.9. The molecule has 0 saturated heterocycles. The maximum atomic E-state index is 2.52. The van der Waals surface area contributed by atoms with Crippen molar-refractivity contribution >= 4 is 49.4 Å². The Labute approximate surface area is 395 Å². The third-order valence-electron chi connectivity index (χ3n) is 15.4. The van der Waals surface area contributed by atoms with Crippen LogP contribution in [0.4, 0.5) is 17.1 Å². The molecule has 3 aliphatic carbocycles. The molecule has 0 aliphatic heterocycles. The van der Waals surface area contributed by atoms with E-state index in [4.69, 9.17) is 0 Å². The van der Waals surface area contributed by atoms with Gasteiger partial charge < -0.3 is 4.90 Å². The fraction of sp³-hybridized carbons (Fsp3) is 0.0149. The van der Waals surface area contributed by atoms with Crippen LogP contribution in [0.15, 0.2) is 249 Å². The lowest BCUT2D eigenvalue weighted by molar-refractivity contribution is 0.793. The van der Waals surface area contributed by atoms with Crippen molar-refractivity contribution in [1.29, 1.82) is 0 Å². The highest BCUT2D eigenvalue weighted by atomic mass is 15.1. The van der Waals surface area contributed by atoms with Crippen molar-refractivity contribution < 1.29 is 0 Å².